The number of aliphatic hydroxyl groups excluding tert-OH is 4. The molecule has 4 heterocycles. The molecule has 0 aromatic carbocycles. The van der Waals surface area contributed by atoms with E-state index in [1.54, 1.807) is 40.9 Å². The maximum Gasteiger partial charge on any atom is 0.513 e. The number of ketones is 3. The van der Waals surface area contributed by atoms with Gasteiger partial charge in [-0.05, 0) is 107 Å². The molecule has 5 aliphatic rings. The van der Waals surface area contributed by atoms with Crippen LogP contribution in [0.2, 0.25) is 0 Å². The van der Waals surface area contributed by atoms with Crippen molar-refractivity contribution in [3.63, 3.8) is 0 Å². The lowest BCUT2D eigenvalue weighted by atomic mass is 9.78. The van der Waals surface area contributed by atoms with E-state index in [9.17, 15) is 59.4 Å². The summed E-state index contributed by atoms with van der Waals surface area (Å²) in [6.45, 7) is 11.7. The molecule has 1 saturated carbocycles. The molecule has 0 aromatic heterocycles. The predicted molar refractivity (Wildman–Crippen MR) is 279 cm³/mol. The first kappa shape index (κ1) is 64.6. The molecule has 440 valence electrons. The van der Waals surface area contributed by atoms with Crippen molar-refractivity contribution in [2.24, 2.45) is 35.5 Å². The van der Waals surface area contributed by atoms with Gasteiger partial charge in [-0.2, -0.15) is 0 Å². The number of hydrogen-bond donors (Lipinski definition) is 6. The van der Waals surface area contributed by atoms with Gasteiger partial charge in [0.15, 0.2) is 11.9 Å². The zero-order chi connectivity index (χ0) is 57.8. The molecule has 0 aromatic rings. The van der Waals surface area contributed by atoms with Gasteiger partial charge in [0.2, 0.25) is 5.79 Å². The zero-order valence-electron chi connectivity index (χ0n) is 47.0. The van der Waals surface area contributed by atoms with Crippen LogP contribution < -0.4 is 0 Å². The van der Waals surface area contributed by atoms with Crippen molar-refractivity contribution in [3.05, 3.63) is 47.6 Å². The van der Waals surface area contributed by atoms with Crippen molar-refractivity contribution in [1.82, 2.24) is 4.90 Å². The fourth-order valence-electron chi connectivity index (χ4n) is 11.4. The number of carbonyl (C=O) groups excluding carboxylic acids is 6. The van der Waals surface area contributed by atoms with E-state index in [0.29, 0.717) is 56.9 Å². The van der Waals surface area contributed by atoms with Crippen molar-refractivity contribution in [1.29, 1.82) is 0 Å². The van der Waals surface area contributed by atoms with Crippen molar-refractivity contribution >= 4 is 35.4 Å². The second kappa shape index (κ2) is 28.9. The standard InChI is InChI=1S/C57H87NO20/c1-31-16-12-11-13-17-32(2)44(71-8)28-39-21-19-37(7)56(69,77-39)52(65)53(66)58-23-15-14-18-40(58)54(67)75-45(29-41(59)33(3)25-36(6)48(62)50(73-10)47(61)35(5)24-31)34(4)26-38-20-22-43(46(27-38)72-9)76-55(68)78-57(70)51(64)49(63)42(60)30-74-57/h11-13,16-17,25,31,33-35,37-40,42-46,48-51,60,62-64,69-70H,14-15,18-24,26-30H2,1-10H3/b13-11+,16-12+,32-17+,36-25+/t31-,33-,34-,35-,37-,38-,39+,40+,42+,43-,44+,45+,46-,48-,49+,50+,51?,56-,57+/m1/s1. The first-order chi connectivity index (χ1) is 36.8. The molecule has 78 heavy (non-hydrogen) atoms. The van der Waals surface area contributed by atoms with Crippen LogP contribution in [0.25, 0.3) is 0 Å². The molecule has 5 rings (SSSR count). The first-order valence-electron chi connectivity index (χ1n) is 27.6. The summed E-state index contributed by atoms with van der Waals surface area (Å²) in [5, 5.41) is 64.2. The van der Waals surface area contributed by atoms with Crippen molar-refractivity contribution < 1.29 is 97.3 Å². The number of hydrogen-bond acceptors (Lipinski definition) is 20. The summed E-state index contributed by atoms with van der Waals surface area (Å²) >= 11 is 0. The third-order valence-corrected chi connectivity index (χ3v) is 16.5. The molecule has 0 radical (unpaired) electrons. The summed E-state index contributed by atoms with van der Waals surface area (Å²) in [4.78, 5) is 85.5. The number of cyclic esters (lactones) is 1. The van der Waals surface area contributed by atoms with Crippen LogP contribution in [0.15, 0.2) is 47.6 Å². The van der Waals surface area contributed by atoms with Gasteiger partial charge in [-0.15, -0.1) is 0 Å². The van der Waals surface area contributed by atoms with Gasteiger partial charge in [0.1, 0.15) is 48.4 Å². The lowest BCUT2D eigenvalue weighted by Gasteiger charge is -2.42. The maximum atomic E-state index is 14.6. The molecule has 0 spiro atoms. The first-order valence-corrected chi connectivity index (χ1v) is 27.6. The van der Waals surface area contributed by atoms with Gasteiger partial charge in [-0.3, -0.25) is 19.2 Å². The summed E-state index contributed by atoms with van der Waals surface area (Å²) in [7, 11) is 4.30. The number of aliphatic hydroxyl groups is 6. The van der Waals surface area contributed by atoms with Crippen LogP contribution in [0.4, 0.5) is 4.79 Å². The molecule has 21 heteroatoms. The van der Waals surface area contributed by atoms with Crippen molar-refractivity contribution in [2.75, 3.05) is 34.5 Å². The molecule has 2 bridgehead atoms. The molecular weight excluding hydrogens is 1020 g/mol. The minimum atomic E-state index is -3.00. The van der Waals surface area contributed by atoms with E-state index < -0.39 is 133 Å². The van der Waals surface area contributed by atoms with Crippen molar-refractivity contribution in [3.8, 4) is 0 Å². The van der Waals surface area contributed by atoms with Crippen LogP contribution in [0.3, 0.4) is 0 Å². The Morgan fingerprint density at radius 3 is 2.23 bits per heavy atom. The fourth-order valence-corrected chi connectivity index (χ4v) is 11.4. The van der Waals surface area contributed by atoms with Crippen LogP contribution in [-0.4, -0.2) is 184 Å². The average molecular weight is 1110 g/mol. The quantitative estimate of drug-likeness (QED) is 0.0863. The second-order valence-corrected chi connectivity index (χ2v) is 22.5. The van der Waals surface area contributed by atoms with Crippen LogP contribution in [0.5, 0.6) is 0 Å². The molecule has 1 unspecified atom stereocenters. The van der Waals surface area contributed by atoms with Gasteiger partial charge >= 0.3 is 18.1 Å². The van der Waals surface area contributed by atoms with Gasteiger partial charge in [-0.25, -0.2) is 9.59 Å². The monoisotopic (exact) mass is 1110 g/mol. The Bertz CT molecular complexity index is 2200. The largest absolute Gasteiger partial charge is 0.513 e. The number of amides is 1. The summed E-state index contributed by atoms with van der Waals surface area (Å²) in [5.41, 5.74) is 1.16. The predicted octanol–water partition coefficient (Wildman–Crippen LogP) is 4.10. The van der Waals surface area contributed by atoms with E-state index in [1.807, 2.05) is 51.2 Å². The maximum absolute atomic E-state index is 14.6. The minimum absolute atomic E-state index is 0.0111. The highest BCUT2D eigenvalue weighted by molar-refractivity contribution is 6.39. The van der Waals surface area contributed by atoms with E-state index in [0.717, 1.165) is 10.5 Å². The van der Waals surface area contributed by atoms with E-state index in [-0.39, 0.29) is 55.6 Å². The van der Waals surface area contributed by atoms with E-state index in [1.165, 1.54) is 14.2 Å². The highest BCUT2D eigenvalue weighted by Crippen LogP contribution is 2.39. The molecule has 21 nitrogen and oxygen atoms in total. The third-order valence-electron chi connectivity index (χ3n) is 16.5. The Morgan fingerprint density at radius 2 is 1.55 bits per heavy atom. The Morgan fingerprint density at radius 1 is 0.833 bits per heavy atom. The number of methoxy groups -OCH3 is 3. The SMILES string of the molecule is CO[C@H]1C[C@@H]2CC[C@@H](C)[C@@](O)(O2)C(=O)C(=O)N2CCCC[C@H]2C(=O)O[C@H]([C@H](C)C[C@H]2CC[C@@H](OC(=O)O[C@@]3(O)OC[C@H](O)[C@H](O)C3O)[C@H](OC)C2)CC(=O)[C@H](C)/C=C(\C)[C@@H](O)[C@@H](OC)C(=O)[C@H](C)C[C@H](C)/C=C/C=C/C=C/1C. The number of Topliss-reactive ketones (excluding diaryl/α,β-unsaturated/α-hetero) is 3. The molecule has 19 atom stereocenters. The molecular formula is C57H87NO20. The number of piperidine rings is 1. The van der Waals surface area contributed by atoms with Crippen LogP contribution >= 0.6 is 0 Å². The van der Waals surface area contributed by atoms with Crippen LogP contribution in [0.1, 0.15) is 126 Å². The summed E-state index contributed by atoms with van der Waals surface area (Å²) in [5.74, 6) is -12.1. The number of rotatable bonds is 8. The van der Waals surface area contributed by atoms with Crippen molar-refractivity contribution in [2.45, 2.75) is 204 Å². The molecule has 6 N–H and O–H groups in total. The van der Waals surface area contributed by atoms with E-state index in [4.69, 9.17) is 37.9 Å². The summed E-state index contributed by atoms with van der Waals surface area (Å²) in [6.07, 6.45) is 1.17. The Kier molecular flexibility index (Phi) is 24.0. The number of esters is 1. The molecule has 4 fully saturated rings. The lowest BCUT2D eigenvalue weighted by molar-refractivity contribution is -0.415. The fraction of sp³-hybridized carbons (Fsp3) is 0.754. The highest BCUT2D eigenvalue weighted by Gasteiger charge is 2.55. The normalized spacial score (nSPS) is 41.5. The second-order valence-electron chi connectivity index (χ2n) is 22.5. The van der Waals surface area contributed by atoms with Gasteiger partial charge in [0, 0.05) is 58.5 Å². The van der Waals surface area contributed by atoms with Crippen LogP contribution in [-0.2, 0) is 61.9 Å². The van der Waals surface area contributed by atoms with Crippen LogP contribution in [0, 0.1) is 35.5 Å². The number of ether oxygens (including phenoxy) is 8. The van der Waals surface area contributed by atoms with E-state index in [2.05, 4.69) is 0 Å². The zero-order valence-corrected chi connectivity index (χ0v) is 47.0. The van der Waals surface area contributed by atoms with Gasteiger partial charge in [-0.1, -0.05) is 71.1 Å². The van der Waals surface area contributed by atoms with Gasteiger partial charge < -0.3 is 73.4 Å². The van der Waals surface area contributed by atoms with E-state index >= 15 is 0 Å². The number of fused-ring (bicyclic) bond motifs is 3. The highest BCUT2D eigenvalue weighted by atomic mass is 16.9. The molecule has 1 aliphatic carbocycles. The summed E-state index contributed by atoms with van der Waals surface area (Å²) in [6, 6.07) is -1.25. The minimum Gasteiger partial charge on any atom is -0.460 e. The van der Waals surface area contributed by atoms with Gasteiger partial charge in [0.05, 0.1) is 24.9 Å². The number of carbonyl (C=O) groups is 6. The topological polar surface area (TPSA) is 301 Å². The molecule has 4 aliphatic heterocycles. The number of allylic oxidation sites excluding steroid dienone is 6. The average Bonchev–Trinajstić information content (AvgIpc) is 3.44. The molecule has 3 saturated heterocycles. The smallest absolute Gasteiger partial charge is 0.460 e. The summed E-state index contributed by atoms with van der Waals surface area (Å²) < 4.78 is 44.9. The number of nitrogens with zero attached hydrogens (tertiary/aromatic N) is 1. The Balaban J connectivity index is 1.42. The van der Waals surface area contributed by atoms with Gasteiger partial charge in [0.25, 0.3) is 11.7 Å². The third kappa shape index (κ3) is 16.2. The Hall–Kier alpha value is -4.26. The molecule has 1 amide bonds. The lowest BCUT2D eigenvalue weighted by Crippen LogP contribution is -2.62. The Labute approximate surface area is 458 Å².